The van der Waals surface area contributed by atoms with Gasteiger partial charge in [0.1, 0.15) is 0 Å². The molecule has 10 aromatic carbocycles. The number of aromatic nitrogens is 2. The molecular formula is C64H46N2S2. The van der Waals surface area contributed by atoms with E-state index < -0.39 is 20.1 Å². The summed E-state index contributed by atoms with van der Waals surface area (Å²) in [6.07, 6.45) is 0. The van der Waals surface area contributed by atoms with Gasteiger partial charge in [0.15, 0.2) is 5.82 Å². The van der Waals surface area contributed by atoms with E-state index in [1.807, 2.05) is 0 Å². The molecule has 0 aliphatic heterocycles. The molecule has 324 valence electrons. The lowest BCUT2D eigenvalue weighted by atomic mass is 9.80. The second-order valence-corrected chi connectivity index (χ2v) is 23.0. The van der Waals surface area contributed by atoms with Crippen molar-refractivity contribution in [2.24, 2.45) is 0 Å². The molecule has 0 bridgehead atoms. The SMILES string of the molecule is c1ccc(S(c2ccccc2)(c2ccccc2)c2cc(S(c3ccccc3)(c3ccccc3)c3ccccc3)nc(-c3ccc4c(c3)-c3ccccc3-c3ccccc3-c3ccccc3-4)n2)cc1. The number of nitrogens with zero attached hydrogens (tertiary/aromatic N) is 2. The van der Waals surface area contributed by atoms with Gasteiger partial charge in [-0.15, -0.1) is 20.1 Å². The molecule has 0 radical (unpaired) electrons. The molecule has 1 aliphatic rings. The second kappa shape index (κ2) is 17.7. The number of rotatable bonds is 9. The van der Waals surface area contributed by atoms with Crippen molar-refractivity contribution in [2.45, 2.75) is 39.4 Å². The highest BCUT2D eigenvalue weighted by atomic mass is 32.3. The number of fused-ring (bicyclic) bond motifs is 8. The van der Waals surface area contributed by atoms with Crippen molar-refractivity contribution >= 4 is 20.1 Å². The van der Waals surface area contributed by atoms with Crippen LogP contribution in [-0.2, 0) is 0 Å². The van der Waals surface area contributed by atoms with Gasteiger partial charge in [-0.3, -0.25) is 0 Å². The summed E-state index contributed by atoms with van der Waals surface area (Å²) in [6, 6.07) is 102. The minimum Gasteiger partial charge on any atom is -0.222 e. The predicted molar refractivity (Wildman–Crippen MR) is 283 cm³/mol. The van der Waals surface area contributed by atoms with Crippen LogP contribution in [-0.4, -0.2) is 9.97 Å². The van der Waals surface area contributed by atoms with Gasteiger partial charge in [-0.05, 0) is 123 Å². The zero-order valence-corrected chi connectivity index (χ0v) is 38.9. The molecule has 0 atom stereocenters. The maximum absolute atomic E-state index is 5.97. The van der Waals surface area contributed by atoms with Crippen LogP contribution in [0.3, 0.4) is 0 Å². The first kappa shape index (κ1) is 41.4. The molecule has 1 aromatic heterocycles. The Hall–Kier alpha value is -8.02. The summed E-state index contributed by atoms with van der Waals surface area (Å²) >= 11 is 0. The molecule has 2 nitrogen and oxygen atoms in total. The molecule has 0 unspecified atom stereocenters. The van der Waals surface area contributed by atoms with E-state index in [0.717, 1.165) is 21.2 Å². The lowest BCUT2D eigenvalue weighted by Gasteiger charge is -2.44. The number of hydrogen-bond acceptors (Lipinski definition) is 2. The summed E-state index contributed by atoms with van der Waals surface area (Å²) in [4.78, 5) is 19.2. The van der Waals surface area contributed by atoms with E-state index in [4.69, 9.17) is 9.97 Å². The molecule has 68 heavy (non-hydrogen) atoms. The van der Waals surface area contributed by atoms with Crippen LogP contribution in [0.1, 0.15) is 0 Å². The van der Waals surface area contributed by atoms with E-state index in [1.54, 1.807) is 0 Å². The van der Waals surface area contributed by atoms with Crippen LogP contribution in [0.5, 0.6) is 0 Å². The largest absolute Gasteiger partial charge is 0.222 e. The quantitative estimate of drug-likeness (QED) is 0.135. The summed E-state index contributed by atoms with van der Waals surface area (Å²) in [5, 5.41) is 1.96. The van der Waals surface area contributed by atoms with Gasteiger partial charge in [0.25, 0.3) is 0 Å². The Morgan fingerprint density at radius 2 is 0.441 bits per heavy atom. The first-order valence-corrected chi connectivity index (χ1v) is 26.3. The topological polar surface area (TPSA) is 25.8 Å². The van der Waals surface area contributed by atoms with Crippen molar-refractivity contribution in [1.82, 2.24) is 9.97 Å². The summed E-state index contributed by atoms with van der Waals surface area (Å²) in [7, 11) is -4.52. The van der Waals surface area contributed by atoms with Gasteiger partial charge < -0.3 is 0 Å². The average Bonchev–Trinajstić information content (AvgIpc) is 3.43. The van der Waals surface area contributed by atoms with Crippen molar-refractivity contribution in [3.05, 3.63) is 279 Å². The van der Waals surface area contributed by atoms with Crippen molar-refractivity contribution < 1.29 is 0 Å². The summed E-state index contributed by atoms with van der Waals surface area (Å²) in [5.74, 6) is 0.688. The smallest absolute Gasteiger partial charge is 0.161 e. The molecule has 0 N–H and O–H groups in total. The van der Waals surface area contributed by atoms with Crippen LogP contribution >= 0.6 is 20.1 Å². The molecule has 1 heterocycles. The highest BCUT2D eigenvalue weighted by Gasteiger charge is 2.40. The van der Waals surface area contributed by atoms with Crippen molar-refractivity contribution in [3.8, 4) is 55.9 Å². The van der Waals surface area contributed by atoms with Crippen LogP contribution < -0.4 is 0 Å². The molecule has 0 saturated heterocycles. The van der Waals surface area contributed by atoms with E-state index in [2.05, 4.69) is 279 Å². The van der Waals surface area contributed by atoms with Gasteiger partial charge in [-0.1, -0.05) is 194 Å². The molecular weight excluding hydrogens is 861 g/mol. The third-order valence-corrected chi connectivity index (χ3v) is 20.7. The molecule has 0 fully saturated rings. The van der Waals surface area contributed by atoms with Gasteiger partial charge in [-0.2, -0.15) is 0 Å². The molecule has 12 rings (SSSR count). The first-order valence-electron chi connectivity index (χ1n) is 23.0. The zero-order chi connectivity index (χ0) is 45.3. The summed E-state index contributed by atoms with van der Waals surface area (Å²) in [6.45, 7) is 0. The molecule has 0 saturated carbocycles. The van der Waals surface area contributed by atoms with E-state index in [-0.39, 0.29) is 0 Å². The minimum absolute atomic E-state index is 0.688. The molecule has 0 spiro atoms. The normalized spacial score (nSPS) is 12.3. The number of hydrogen-bond donors (Lipinski definition) is 0. The predicted octanol–water partition coefficient (Wildman–Crippen LogP) is 17.8. The van der Waals surface area contributed by atoms with Crippen LogP contribution in [0.4, 0.5) is 0 Å². The fraction of sp³-hybridized carbons (Fsp3) is 0. The Morgan fingerprint density at radius 3 is 0.721 bits per heavy atom. The fourth-order valence-electron chi connectivity index (χ4n) is 10.1. The van der Waals surface area contributed by atoms with E-state index in [9.17, 15) is 0 Å². The van der Waals surface area contributed by atoms with Crippen LogP contribution in [0.2, 0.25) is 0 Å². The summed E-state index contributed by atoms with van der Waals surface area (Å²) in [5.41, 5.74) is 10.5. The maximum atomic E-state index is 5.97. The van der Waals surface area contributed by atoms with Gasteiger partial charge >= 0.3 is 0 Å². The van der Waals surface area contributed by atoms with E-state index in [0.29, 0.717) is 5.82 Å². The number of benzene rings is 10. The second-order valence-electron chi connectivity index (χ2n) is 16.9. The van der Waals surface area contributed by atoms with Crippen molar-refractivity contribution in [3.63, 3.8) is 0 Å². The summed E-state index contributed by atoms with van der Waals surface area (Å²) < 4.78 is 0. The molecule has 1 aliphatic carbocycles. The fourth-order valence-corrected chi connectivity index (χ4v) is 17.7. The zero-order valence-electron chi connectivity index (χ0n) is 37.3. The third kappa shape index (κ3) is 6.83. The molecule has 0 amide bonds. The Bertz CT molecular complexity index is 3200. The monoisotopic (exact) mass is 906 g/mol. The van der Waals surface area contributed by atoms with Crippen LogP contribution in [0.15, 0.2) is 318 Å². The maximum Gasteiger partial charge on any atom is 0.161 e. The van der Waals surface area contributed by atoms with Crippen LogP contribution in [0.25, 0.3) is 55.9 Å². The highest BCUT2D eigenvalue weighted by Crippen LogP contribution is 2.77. The van der Waals surface area contributed by atoms with Gasteiger partial charge in [0.05, 0.1) is 10.1 Å². The van der Waals surface area contributed by atoms with Crippen molar-refractivity contribution in [1.29, 1.82) is 0 Å². The van der Waals surface area contributed by atoms with Gasteiger partial charge in [-0.25, -0.2) is 9.97 Å². The third-order valence-electron chi connectivity index (χ3n) is 13.1. The van der Waals surface area contributed by atoms with Crippen LogP contribution in [0, 0.1) is 0 Å². The Balaban J connectivity index is 1.24. The first-order chi connectivity index (χ1) is 33.7. The minimum atomic E-state index is -2.26. The van der Waals surface area contributed by atoms with Crippen molar-refractivity contribution in [2.75, 3.05) is 0 Å². The van der Waals surface area contributed by atoms with Gasteiger partial charge in [0, 0.05) is 41.0 Å². The standard InChI is InChI=1S/C64H46N2S2/c1-7-25-48(26-8-1)67(49-27-9-2-10-28-49,50-29-11-3-12-30-50)62-46-63(68(51-31-13-4-14-32-51,52-33-15-5-16-34-52)53-35-17-6-18-36-53)66-64(65-62)47-43-44-60-58-41-22-21-39-56(58)54-37-19-20-38-55(54)57-40-23-24-42-59(57)61(60)45-47/h1-46H. The lowest BCUT2D eigenvalue weighted by Crippen LogP contribution is -2.12. The lowest BCUT2D eigenvalue weighted by molar-refractivity contribution is 0.946. The average molecular weight is 907 g/mol. The Labute approximate surface area is 402 Å². The Morgan fingerprint density at radius 1 is 0.206 bits per heavy atom. The molecule has 11 aromatic rings. The van der Waals surface area contributed by atoms with E-state index in [1.165, 1.54) is 68.3 Å². The van der Waals surface area contributed by atoms with Gasteiger partial charge in [0.2, 0.25) is 0 Å². The molecule has 4 heteroatoms. The Kier molecular flexibility index (Phi) is 10.8. The van der Waals surface area contributed by atoms with E-state index >= 15 is 0 Å². The highest BCUT2D eigenvalue weighted by molar-refractivity contribution is 8.34.